The molecule has 0 amide bonds. The number of phenols is 1. The van der Waals surface area contributed by atoms with Crippen molar-refractivity contribution in [2.75, 3.05) is 0 Å². The number of hydrogen-bond donors (Lipinski definition) is 2. The third-order valence-electron chi connectivity index (χ3n) is 3.74. The lowest BCUT2D eigenvalue weighted by atomic mass is 9.99. The monoisotopic (exact) mass is 287 g/mol. The summed E-state index contributed by atoms with van der Waals surface area (Å²) in [5.74, 6) is 0.302. The molecule has 0 bridgehead atoms. The van der Waals surface area contributed by atoms with E-state index in [1.807, 2.05) is 0 Å². The Labute approximate surface area is 125 Å². The predicted molar refractivity (Wildman–Crippen MR) is 83.9 cm³/mol. The van der Waals surface area contributed by atoms with Crippen molar-refractivity contribution in [2.24, 2.45) is 0 Å². The maximum absolute atomic E-state index is 13.2. The molecule has 2 aromatic rings. The molecule has 0 saturated carbocycles. The molecule has 3 heteroatoms. The molecule has 0 heterocycles. The minimum atomic E-state index is -0.335. The zero-order valence-electron chi connectivity index (χ0n) is 12.7. The average Bonchev–Trinajstić information content (AvgIpc) is 2.48. The van der Waals surface area contributed by atoms with Crippen molar-refractivity contribution >= 4 is 0 Å². The molecule has 2 aromatic carbocycles. The van der Waals surface area contributed by atoms with Gasteiger partial charge in [0.15, 0.2) is 0 Å². The molecule has 0 saturated heterocycles. The van der Waals surface area contributed by atoms with Gasteiger partial charge in [-0.2, -0.15) is 0 Å². The van der Waals surface area contributed by atoms with E-state index >= 15 is 0 Å². The van der Waals surface area contributed by atoms with Gasteiger partial charge in [0.05, 0.1) is 0 Å². The third-order valence-corrected chi connectivity index (χ3v) is 3.74. The summed E-state index contributed by atoms with van der Waals surface area (Å²) in [7, 11) is 0. The van der Waals surface area contributed by atoms with Crippen LogP contribution in [0.3, 0.4) is 0 Å². The number of rotatable bonds is 5. The van der Waals surface area contributed by atoms with Crippen LogP contribution in [0, 0.1) is 5.82 Å². The van der Waals surface area contributed by atoms with Gasteiger partial charge in [-0.1, -0.05) is 38.1 Å². The molecule has 2 nitrogen and oxygen atoms in total. The van der Waals surface area contributed by atoms with Crippen LogP contribution in [0.2, 0.25) is 0 Å². The summed E-state index contributed by atoms with van der Waals surface area (Å²) < 4.78 is 13.2. The fourth-order valence-electron chi connectivity index (χ4n) is 2.25. The molecule has 2 rings (SSSR count). The molecule has 21 heavy (non-hydrogen) atoms. The van der Waals surface area contributed by atoms with E-state index in [0.29, 0.717) is 18.0 Å². The van der Waals surface area contributed by atoms with Gasteiger partial charge in [-0.25, -0.2) is 4.39 Å². The van der Waals surface area contributed by atoms with E-state index in [2.05, 4.69) is 50.4 Å². The van der Waals surface area contributed by atoms with Crippen LogP contribution in [0.1, 0.15) is 49.4 Å². The molecule has 0 aliphatic rings. The van der Waals surface area contributed by atoms with Crippen molar-refractivity contribution in [3.05, 3.63) is 65.0 Å². The van der Waals surface area contributed by atoms with Crippen LogP contribution in [0.4, 0.5) is 4.39 Å². The molecule has 0 fully saturated rings. The highest BCUT2D eigenvalue weighted by Crippen LogP contribution is 2.21. The summed E-state index contributed by atoms with van der Waals surface area (Å²) in [5, 5.41) is 13.0. The van der Waals surface area contributed by atoms with Gasteiger partial charge in [-0.05, 0) is 42.2 Å². The van der Waals surface area contributed by atoms with E-state index in [-0.39, 0.29) is 17.6 Å². The lowest BCUT2D eigenvalue weighted by Gasteiger charge is -2.16. The van der Waals surface area contributed by atoms with Crippen molar-refractivity contribution < 1.29 is 9.50 Å². The molecule has 1 unspecified atom stereocenters. The standard InChI is InChI=1S/C18H22FNO/c1-12(2)14-4-6-15(7-5-14)13(3)20-11-16-10-17(19)8-9-18(16)21/h4-10,12-13,20-21H,11H2,1-3H3. The summed E-state index contributed by atoms with van der Waals surface area (Å²) in [4.78, 5) is 0. The Kier molecular flexibility index (Phi) is 4.97. The second-order valence-corrected chi connectivity index (χ2v) is 5.70. The zero-order chi connectivity index (χ0) is 15.4. The number of nitrogens with one attached hydrogen (secondary N) is 1. The largest absolute Gasteiger partial charge is 0.508 e. The lowest BCUT2D eigenvalue weighted by Crippen LogP contribution is -2.18. The third kappa shape index (κ3) is 4.05. The summed E-state index contributed by atoms with van der Waals surface area (Å²) in [5.41, 5.74) is 3.06. The second kappa shape index (κ2) is 6.72. The molecular weight excluding hydrogens is 265 g/mol. The summed E-state index contributed by atoms with van der Waals surface area (Å²) >= 11 is 0. The molecule has 0 spiro atoms. The first-order chi connectivity index (χ1) is 9.97. The highest BCUT2D eigenvalue weighted by Gasteiger charge is 2.08. The van der Waals surface area contributed by atoms with E-state index in [1.54, 1.807) is 0 Å². The SMILES string of the molecule is CC(C)c1ccc(C(C)NCc2cc(F)ccc2O)cc1. The number of benzene rings is 2. The van der Waals surface area contributed by atoms with Crippen molar-refractivity contribution in [1.29, 1.82) is 0 Å². The van der Waals surface area contributed by atoms with E-state index in [1.165, 1.54) is 29.3 Å². The Hall–Kier alpha value is -1.87. The van der Waals surface area contributed by atoms with Gasteiger partial charge in [-0.15, -0.1) is 0 Å². The Morgan fingerprint density at radius 1 is 1.00 bits per heavy atom. The van der Waals surface area contributed by atoms with Gasteiger partial charge in [0.1, 0.15) is 11.6 Å². The van der Waals surface area contributed by atoms with E-state index in [9.17, 15) is 9.50 Å². The quantitative estimate of drug-likeness (QED) is 0.848. The first-order valence-electron chi connectivity index (χ1n) is 7.28. The first kappa shape index (κ1) is 15.5. The maximum Gasteiger partial charge on any atom is 0.123 e. The van der Waals surface area contributed by atoms with Crippen LogP contribution in [-0.2, 0) is 6.54 Å². The summed E-state index contributed by atoms with van der Waals surface area (Å²) in [6.07, 6.45) is 0. The Morgan fingerprint density at radius 3 is 2.24 bits per heavy atom. The van der Waals surface area contributed by atoms with Crippen LogP contribution < -0.4 is 5.32 Å². The lowest BCUT2D eigenvalue weighted by molar-refractivity contribution is 0.457. The van der Waals surface area contributed by atoms with Gasteiger partial charge >= 0.3 is 0 Å². The Morgan fingerprint density at radius 2 is 1.62 bits per heavy atom. The molecule has 1 atom stereocenters. The fourth-order valence-corrected chi connectivity index (χ4v) is 2.25. The molecular formula is C18H22FNO. The van der Waals surface area contributed by atoms with Gasteiger partial charge in [0.2, 0.25) is 0 Å². The first-order valence-corrected chi connectivity index (χ1v) is 7.28. The number of aromatic hydroxyl groups is 1. The maximum atomic E-state index is 13.2. The highest BCUT2D eigenvalue weighted by atomic mass is 19.1. The van der Waals surface area contributed by atoms with Gasteiger partial charge < -0.3 is 10.4 Å². The van der Waals surface area contributed by atoms with E-state index in [4.69, 9.17) is 0 Å². The fraction of sp³-hybridized carbons (Fsp3) is 0.333. The van der Waals surface area contributed by atoms with Crippen LogP contribution in [0.15, 0.2) is 42.5 Å². The molecule has 0 radical (unpaired) electrons. The second-order valence-electron chi connectivity index (χ2n) is 5.70. The minimum Gasteiger partial charge on any atom is -0.508 e. The smallest absolute Gasteiger partial charge is 0.123 e. The topological polar surface area (TPSA) is 32.3 Å². The summed E-state index contributed by atoms with van der Waals surface area (Å²) in [6.45, 7) is 6.82. The van der Waals surface area contributed by atoms with Crippen LogP contribution in [-0.4, -0.2) is 5.11 Å². The molecule has 2 N–H and O–H groups in total. The molecule has 0 aromatic heterocycles. The average molecular weight is 287 g/mol. The van der Waals surface area contributed by atoms with Crippen molar-refractivity contribution in [2.45, 2.75) is 39.3 Å². The number of phenolic OH excluding ortho intramolecular Hbond substituents is 1. The van der Waals surface area contributed by atoms with Crippen molar-refractivity contribution in [1.82, 2.24) is 5.32 Å². The van der Waals surface area contributed by atoms with E-state index in [0.717, 1.165) is 0 Å². The molecule has 0 aliphatic heterocycles. The minimum absolute atomic E-state index is 0.117. The molecule has 112 valence electrons. The zero-order valence-corrected chi connectivity index (χ0v) is 12.7. The normalized spacial score (nSPS) is 12.6. The Bertz CT molecular complexity index is 593. The van der Waals surface area contributed by atoms with Crippen molar-refractivity contribution in [3.8, 4) is 5.75 Å². The van der Waals surface area contributed by atoms with Crippen LogP contribution in [0.25, 0.3) is 0 Å². The summed E-state index contributed by atoms with van der Waals surface area (Å²) in [6, 6.07) is 12.6. The van der Waals surface area contributed by atoms with Crippen molar-refractivity contribution in [3.63, 3.8) is 0 Å². The number of halogens is 1. The number of hydrogen-bond acceptors (Lipinski definition) is 2. The van der Waals surface area contributed by atoms with Gasteiger partial charge in [0, 0.05) is 18.2 Å². The van der Waals surface area contributed by atoms with Crippen LogP contribution >= 0.6 is 0 Å². The van der Waals surface area contributed by atoms with Gasteiger partial charge in [-0.3, -0.25) is 0 Å². The van der Waals surface area contributed by atoms with Gasteiger partial charge in [0.25, 0.3) is 0 Å². The highest BCUT2D eigenvalue weighted by molar-refractivity contribution is 5.33. The molecule has 0 aliphatic carbocycles. The Balaban J connectivity index is 2.01. The van der Waals surface area contributed by atoms with Crippen LogP contribution in [0.5, 0.6) is 5.75 Å². The van der Waals surface area contributed by atoms with E-state index < -0.39 is 0 Å². The predicted octanol–water partition coefficient (Wildman–Crippen LogP) is 4.51.